The fraction of sp³-hybridized carbons (Fsp3) is 0.0323. The average Bonchev–Trinajstić information content (AvgIpc) is 3.26. The van der Waals surface area contributed by atoms with Gasteiger partial charge in [0.1, 0.15) is 17.3 Å². The van der Waals surface area contributed by atoms with Crippen LogP contribution in [0.15, 0.2) is 121 Å². The summed E-state index contributed by atoms with van der Waals surface area (Å²) < 4.78 is 8.38. The Morgan fingerprint density at radius 3 is 2.09 bits per heavy atom. The Hall–Kier alpha value is -4.70. The summed E-state index contributed by atoms with van der Waals surface area (Å²) in [5.41, 5.74) is 7.31. The van der Waals surface area contributed by atoms with E-state index in [1.165, 1.54) is 5.56 Å². The Morgan fingerprint density at radius 2 is 1.29 bits per heavy atom. The minimum atomic E-state index is 0.761. The van der Waals surface area contributed by atoms with Crippen molar-refractivity contribution in [3.05, 3.63) is 121 Å². The second kappa shape index (κ2) is 8.92. The van der Waals surface area contributed by atoms with Gasteiger partial charge in [-0.1, -0.05) is 66.7 Å². The molecule has 0 N–H and O–H groups in total. The van der Waals surface area contributed by atoms with Crippen molar-refractivity contribution >= 4 is 11.0 Å². The summed E-state index contributed by atoms with van der Waals surface area (Å²) in [4.78, 5) is 9.42. The van der Waals surface area contributed by atoms with E-state index in [4.69, 9.17) is 9.72 Å². The molecule has 4 heteroatoms. The Labute approximate surface area is 204 Å². The maximum absolute atomic E-state index is 6.27. The number of hydrogen-bond acceptors (Lipinski definition) is 3. The van der Waals surface area contributed by atoms with Crippen LogP contribution in [0.1, 0.15) is 0 Å². The first kappa shape index (κ1) is 20.9. The molecule has 35 heavy (non-hydrogen) atoms. The van der Waals surface area contributed by atoms with Gasteiger partial charge in [-0.05, 0) is 59.7 Å². The lowest BCUT2D eigenvalue weighted by atomic mass is 10.0. The number of pyridine rings is 1. The number of nitrogens with zero attached hydrogens (tertiary/aromatic N) is 3. The predicted molar refractivity (Wildman–Crippen MR) is 141 cm³/mol. The van der Waals surface area contributed by atoms with Crippen LogP contribution in [0.25, 0.3) is 44.8 Å². The van der Waals surface area contributed by atoms with E-state index in [9.17, 15) is 0 Å². The van der Waals surface area contributed by atoms with Crippen LogP contribution in [0.4, 0.5) is 0 Å². The van der Waals surface area contributed by atoms with Gasteiger partial charge in [0.25, 0.3) is 0 Å². The molecule has 6 aromatic rings. The summed E-state index contributed by atoms with van der Waals surface area (Å²) in [7, 11) is 2.04. The third-order valence-electron chi connectivity index (χ3n) is 6.11. The molecule has 0 radical (unpaired) electrons. The molecule has 0 aliphatic carbocycles. The molecule has 4 nitrogen and oxygen atoms in total. The summed E-state index contributed by atoms with van der Waals surface area (Å²) in [6, 6.07) is 38.7. The Morgan fingerprint density at radius 1 is 0.600 bits per heavy atom. The SMILES string of the molecule is Cn1c(-c2cccc(Oc3cccc(-c4cc(-c5ccccc5)ccn4)c3)c2)nc2ccccc21. The predicted octanol–water partition coefficient (Wildman–Crippen LogP) is 7.76. The molecule has 2 heterocycles. The number of hydrogen-bond donors (Lipinski definition) is 0. The van der Waals surface area contributed by atoms with Crippen LogP contribution in [-0.2, 0) is 7.05 Å². The van der Waals surface area contributed by atoms with Crippen molar-refractivity contribution in [1.82, 2.24) is 14.5 Å². The van der Waals surface area contributed by atoms with Gasteiger partial charge in [-0.25, -0.2) is 4.98 Å². The van der Waals surface area contributed by atoms with E-state index in [0.717, 1.165) is 50.7 Å². The number of benzene rings is 4. The molecule has 0 spiro atoms. The van der Waals surface area contributed by atoms with Crippen LogP contribution in [0, 0.1) is 0 Å². The zero-order valence-electron chi connectivity index (χ0n) is 19.3. The largest absolute Gasteiger partial charge is 0.457 e. The first-order valence-electron chi connectivity index (χ1n) is 11.6. The van der Waals surface area contributed by atoms with Gasteiger partial charge in [-0.3, -0.25) is 4.98 Å². The third kappa shape index (κ3) is 4.18. The Kier molecular flexibility index (Phi) is 5.32. The molecule has 0 saturated heterocycles. The minimum Gasteiger partial charge on any atom is -0.457 e. The van der Waals surface area contributed by atoms with E-state index >= 15 is 0 Å². The van der Waals surface area contributed by atoms with Crippen molar-refractivity contribution in [2.24, 2.45) is 7.05 Å². The quantitative estimate of drug-likeness (QED) is 0.268. The minimum absolute atomic E-state index is 0.761. The molecule has 0 amide bonds. The third-order valence-corrected chi connectivity index (χ3v) is 6.11. The first-order chi connectivity index (χ1) is 17.2. The van der Waals surface area contributed by atoms with Gasteiger partial charge in [0, 0.05) is 24.4 Å². The molecule has 0 aliphatic rings. The standard InChI is InChI=1S/C31H23N3O/c1-34-30-16-6-5-15-28(30)33-31(34)25-12-8-14-27(20-25)35-26-13-7-11-24(19-26)29-21-23(17-18-32-29)22-9-3-2-4-10-22/h2-21H,1H3. The van der Waals surface area contributed by atoms with Crippen molar-refractivity contribution in [3.8, 4) is 45.3 Å². The molecule has 0 unspecified atom stereocenters. The highest BCUT2D eigenvalue weighted by atomic mass is 16.5. The van der Waals surface area contributed by atoms with Crippen LogP contribution in [0.5, 0.6) is 11.5 Å². The van der Waals surface area contributed by atoms with Crippen LogP contribution >= 0.6 is 0 Å². The number of ether oxygens (including phenoxy) is 1. The lowest BCUT2D eigenvalue weighted by Gasteiger charge is -2.10. The summed E-state index contributed by atoms with van der Waals surface area (Å²) in [6.45, 7) is 0. The highest BCUT2D eigenvalue weighted by Gasteiger charge is 2.11. The summed E-state index contributed by atoms with van der Waals surface area (Å²) in [6.07, 6.45) is 1.85. The monoisotopic (exact) mass is 453 g/mol. The molecule has 0 atom stereocenters. The van der Waals surface area contributed by atoms with Gasteiger partial charge in [0.05, 0.1) is 16.7 Å². The molecule has 4 aromatic carbocycles. The summed E-state index contributed by atoms with van der Waals surface area (Å²) >= 11 is 0. The molecule has 0 aliphatic heterocycles. The van der Waals surface area contributed by atoms with E-state index < -0.39 is 0 Å². The maximum atomic E-state index is 6.27. The highest BCUT2D eigenvalue weighted by Crippen LogP contribution is 2.31. The van der Waals surface area contributed by atoms with E-state index in [1.54, 1.807) is 0 Å². The normalized spacial score (nSPS) is 11.0. The second-order valence-corrected chi connectivity index (χ2v) is 8.44. The van der Waals surface area contributed by atoms with Crippen molar-refractivity contribution in [2.75, 3.05) is 0 Å². The van der Waals surface area contributed by atoms with Crippen molar-refractivity contribution in [1.29, 1.82) is 0 Å². The van der Waals surface area contributed by atoms with Crippen LogP contribution in [0.3, 0.4) is 0 Å². The maximum Gasteiger partial charge on any atom is 0.140 e. The van der Waals surface area contributed by atoms with Crippen molar-refractivity contribution in [3.63, 3.8) is 0 Å². The van der Waals surface area contributed by atoms with Crippen molar-refractivity contribution in [2.45, 2.75) is 0 Å². The van der Waals surface area contributed by atoms with Gasteiger partial charge in [0.2, 0.25) is 0 Å². The fourth-order valence-corrected chi connectivity index (χ4v) is 4.36. The van der Waals surface area contributed by atoms with Crippen LogP contribution in [-0.4, -0.2) is 14.5 Å². The van der Waals surface area contributed by atoms with Crippen LogP contribution in [0.2, 0.25) is 0 Å². The highest BCUT2D eigenvalue weighted by molar-refractivity contribution is 5.80. The molecular formula is C31H23N3O. The van der Waals surface area contributed by atoms with E-state index in [1.807, 2.05) is 92.1 Å². The zero-order valence-corrected chi connectivity index (χ0v) is 19.3. The van der Waals surface area contributed by atoms with Gasteiger partial charge in [0.15, 0.2) is 0 Å². The number of imidazole rings is 1. The first-order valence-corrected chi connectivity index (χ1v) is 11.6. The van der Waals surface area contributed by atoms with E-state index in [2.05, 4.69) is 45.9 Å². The van der Waals surface area contributed by atoms with Gasteiger partial charge in [-0.2, -0.15) is 0 Å². The molecule has 0 fully saturated rings. The molecule has 0 bridgehead atoms. The van der Waals surface area contributed by atoms with E-state index in [-0.39, 0.29) is 0 Å². The molecule has 2 aromatic heterocycles. The van der Waals surface area contributed by atoms with Gasteiger partial charge in [-0.15, -0.1) is 0 Å². The Balaban J connectivity index is 1.29. The number of aromatic nitrogens is 3. The molecular weight excluding hydrogens is 430 g/mol. The van der Waals surface area contributed by atoms with Gasteiger partial charge >= 0.3 is 0 Å². The fourth-order valence-electron chi connectivity index (χ4n) is 4.36. The molecule has 6 rings (SSSR count). The molecule has 168 valence electrons. The topological polar surface area (TPSA) is 39.9 Å². The number of fused-ring (bicyclic) bond motifs is 1. The average molecular weight is 454 g/mol. The van der Waals surface area contributed by atoms with E-state index in [0.29, 0.717) is 0 Å². The Bertz CT molecular complexity index is 1640. The number of rotatable bonds is 5. The summed E-state index contributed by atoms with van der Waals surface area (Å²) in [5.74, 6) is 2.43. The van der Waals surface area contributed by atoms with Crippen LogP contribution < -0.4 is 4.74 Å². The second-order valence-electron chi connectivity index (χ2n) is 8.44. The molecule has 0 saturated carbocycles. The lowest BCUT2D eigenvalue weighted by molar-refractivity contribution is 0.483. The summed E-state index contributed by atoms with van der Waals surface area (Å²) in [5, 5.41) is 0. The van der Waals surface area contributed by atoms with Crippen molar-refractivity contribution < 1.29 is 4.74 Å². The smallest absolute Gasteiger partial charge is 0.140 e. The number of para-hydroxylation sites is 2. The zero-order chi connectivity index (χ0) is 23.6. The lowest BCUT2D eigenvalue weighted by Crippen LogP contribution is -1.93. The number of aryl methyl sites for hydroxylation is 1. The van der Waals surface area contributed by atoms with Gasteiger partial charge < -0.3 is 9.30 Å².